The van der Waals surface area contributed by atoms with Crippen molar-refractivity contribution in [2.75, 3.05) is 13.1 Å². The molecule has 28 heavy (non-hydrogen) atoms. The third kappa shape index (κ3) is 4.01. The maximum Gasteiger partial charge on any atom is 0.404 e. The average Bonchev–Trinajstić information content (AvgIpc) is 3.31. The van der Waals surface area contributed by atoms with Gasteiger partial charge in [-0.05, 0) is 42.5 Å². The second kappa shape index (κ2) is 7.87. The quantitative estimate of drug-likeness (QED) is 0.841. The Bertz CT molecular complexity index is 799. The maximum absolute atomic E-state index is 14.4. The fourth-order valence-electron chi connectivity index (χ4n) is 4.77. The number of hydrogen-bond donors (Lipinski definition) is 2. The molecule has 0 bridgehead atoms. The van der Waals surface area contributed by atoms with Crippen molar-refractivity contribution < 1.29 is 18.7 Å². The van der Waals surface area contributed by atoms with Gasteiger partial charge in [0.05, 0.1) is 6.04 Å². The number of aromatic nitrogens is 2. The lowest BCUT2D eigenvalue weighted by Gasteiger charge is -2.40. The van der Waals surface area contributed by atoms with E-state index in [1.807, 2.05) is 29.1 Å². The van der Waals surface area contributed by atoms with E-state index in [4.69, 9.17) is 5.11 Å². The van der Waals surface area contributed by atoms with Crippen molar-refractivity contribution in [3.63, 3.8) is 0 Å². The van der Waals surface area contributed by atoms with Crippen LogP contribution in [0.4, 0.5) is 13.6 Å². The number of halogens is 2. The number of rotatable bonds is 4. The fourth-order valence-corrected chi connectivity index (χ4v) is 4.77. The number of nitrogens with zero attached hydrogens (tertiary/aromatic N) is 3. The highest BCUT2D eigenvalue weighted by Gasteiger charge is 2.42. The van der Waals surface area contributed by atoms with Gasteiger partial charge in [-0.15, -0.1) is 0 Å². The summed E-state index contributed by atoms with van der Waals surface area (Å²) in [6, 6.07) is 8.09. The van der Waals surface area contributed by atoms with Crippen LogP contribution in [0.5, 0.6) is 0 Å². The molecule has 1 aromatic heterocycles. The Morgan fingerprint density at radius 2 is 1.89 bits per heavy atom. The molecule has 1 amide bonds. The van der Waals surface area contributed by atoms with Crippen molar-refractivity contribution in [1.29, 1.82) is 0 Å². The van der Waals surface area contributed by atoms with E-state index < -0.39 is 18.3 Å². The number of hydrogen-bond acceptors (Lipinski definition) is 3. The van der Waals surface area contributed by atoms with Crippen LogP contribution in [0.1, 0.15) is 36.8 Å². The van der Waals surface area contributed by atoms with Crippen molar-refractivity contribution in [2.24, 2.45) is 0 Å². The van der Waals surface area contributed by atoms with E-state index in [0.717, 1.165) is 18.4 Å². The van der Waals surface area contributed by atoms with Crippen LogP contribution in [0.25, 0.3) is 0 Å². The van der Waals surface area contributed by atoms with Gasteiger partial charge in [-0.1, -0.05) is 12.1 Å². The van der Waals surface area contributed by atoms with E-state index in [-0.39, 0.29) is 36.8 Å². The molecule has 4 unspecified atom stereocenters. The SMILES string of the molecule is O=C(O)NC1C[C@@H](F)CN(C2CC(c3ccc(F)cc3)CC2n2cccn2)C1. The Morgan fingerprint density at radius 1 is 1.14 bits per heavy atom. The molecular weight excluding hydrogens is 366 g/mol. The molecule has 2 fully saturated rings. The highest BCUT2D eigenvalue weighted by atomic mass is 19.1. The van der Waals surface area contributed by atoms with Gasteiger partial charge >= 0.3 is 6.09 Å². The monoisotopic (exact) mass is 390 g/mol. The molecule has 1 aromatic carbocycles. The Labute approximate surface area is 162 Å². The van der Waals surface area contributed by atoms with Crippen LogP contribution in [0.15, 0.2) is 42.7 Å². The van der Waals surface area contributed by atoms with Crippen molar-refractivity contribution in [3.8, 4) is 0 Å². The molecule has 2 heterocycles. The number of piperidine rings is 1. The minimum Gasteiger partial charge on any atom is -0.465 e. The summed E-state index contributed by atoms with van der Waals surface area (Å²) in [6.45, 7) is 0.766. The normalized spacial score (nSPS) is 31.0. The highest BCUT2D eigenvalue weighted by Crippen LogP contribution is 2.44. The molecule has 2 N–H and O–H groups in total. The summed E-state index contributed by atoms with van der Waals surface area (Å²) < 4.78 is 29.6. The summed E-state index contributed by atoms with van der Waals surface area (Å²) in [6.07, 6.45) is 3.25. The predicted molar refractivity (Wildman–Crippen MR) is 99.5 cm³/mol. The van der Waals surface area contributed by atoms with Crippen LogP contribution in [0.3, 0.4) is 0 Å². The molecule has 1 saturated heterocycles. The van der Waals surface area contributed by atoms with Crippen LogP contribution >= 0.6 is 0 Å². The third-order valence-electron chi connectivity index (χ3n) is 5.93. The largest absolute Gasteiger partial charge is 0.465 e. The van der Waals surface area contributed by atoms with Crippen molar-refractivity contribution >= 4 is 6.09 Å². The van der Waals surface area contributed by atoms with Crippen LogP contribution < -0.4 is 5.32 Å². The lowest BCUT2D eigenvalue weighted by molar-refractivity contribution is 0.0601. The Balaban J connectivity index is 1.57. The second-order valence-corrected chi connectivity index (χ2v) is 7.77. The zero-order chi connectivity index (χ0) is 19.7. The number of nitrogens with one attached hydrogen (secondary N) is 1. The van der Waals surface area contributed by atoms with Gasteiger partial charge in [-0.25, -0.2) is 13.6 Å². The smallest absolute Gasteiger partial charge is 0.404 e. The van der Waals surface area contributed by atoms with Crippen molar-refractivity contribution in [1.82, 2.24) is 20.0 Å². The van der Waals surface area contributed by atoms with Gasteiger partial charge in [0, 0.05) is 44.0 Å². The number of amides is 1. The number of carbonyl (C=O) groups is 1. The molecule has 0 spiro atoms. The van der Waals surface area contributed by atoms with Gasteiger partial charge in [0.15, 0.2) is 0 Å². The molecular formula is C20H24F2N4O2. The molecule has 6 nitrogen and oxygen atoms in total. The number of benzene rings is 1. The van der Waals surface area contributed by atoms with E-state index in [0.29, 0.717) is 6.54 Å². The van der Waals surface area contributed by atoms with Gasteiger partial charge in [0.2, 0.25) is 0 Å². The van der Waals surface area contributed by atoms with Crippen molar-refractivity contribution in [2.45, 2.75) is 49.5 Å². The predicted octanol–water partition coefficient (Wildman–Crippen LogP) is 3.19. The van der Waals surface area contributed by atoms with Gasteiger partial charge < -0.3 is 10.4 Å². The van der Waals surface area contributed by atoms with E-state index in [2.05, 4.69) is 15.3 Å². The van der Waals surface area contributed by atoms with Crippen molar-refractivity contribution in [3.05, 3.63) is 54.1 Å². The second-order valence-electron chi connectivity index (χ2n) is 7.77. The average molecular weight is 390 g/mol. The van der Waals surface area contributed by atoms with Gasteiger partial charge in [-0.2, -0.15) is 5.10 Å². The summed E-state index contributed by atoms with van der Waals surface area (Å²) in [7, 11) is 0. The first-order chi connectivity index (χ1) is 13.5. The van der Waals surface area contributed by atoms with E-state index in [1.165, 1.54) is 12.1 Å². The Morgan fingerprint density at radius 3 is 2.57 bits per heavy atom. The standard InChI is InChI=1S/C20H24F2N4O2/c21-15-4-2-13(3-5-15)14-8-18(19(9-14)26-7-1-6-23-26)25-11-16(22)10-17(12-25)24-20(27)28/h1-7,14,16-19,24H,8-12H2,(H,27,28)/t14?,16-,17?,18?,19?/m1/s1. The molecule has 1 aliphatic heterocycles. The number of likely N-dealkylation sites (tertiary alicyclic amines) is 1. The molecule has 2 aliphatic rings. The Kier molecular flexibility index (Phi) is 5.30. The minimum absolute atomic E-state index is 0.0339. The minimum atomic E-state index is -1.13. The van der Waals surface area contributed by atoms with Gasteiger partial charge in [0.25, 0.3) is 0 Å². The molecule has 2 aromatic rings. The zero-order valence-electron chi connectivity index (χ0n) is 15.4. The highest BCUT2D eigenvalue weighted by molar-refractivity contribution is 5.64. The lowest BCUT2D eigenvalue weighted by Crippen LogP contribution is -2.55. The van der Waals surface area contributed by atoms with Crippen LogP contribution in [0.2, 0.25) is 0 Å². The summed E-state index contributed by atoms with van der Waals surface area (Å²) in [5, 5.41) is 15.9. The van der Waals surface area contributed by atoms with Crippen LogP contribution in [-0.4, -0.2) is 57.2 Å². The van der Waals surface area contributed by atoms with E-state index >= 15 is 0 Å². The van der Waals surface area contributed by atoms with Crippen LogP contribution in [-0.2, 0) is 0 Å². The third-order valence-corrected chi connectivity index (χ3v) is 5.93. The molecule has 4 rings (SSSR count). The van der Waals surface area contributed by atoms with E-state index in [1.54, 1.807) is 6.20 Å². The zero-order valence-corrected chi connectivity index (χ0v) is 15.4. The summed E-state index contributed by atoms with van der Waals surface area (Å²) >= 11 is 0. The number of alkyl halides is 1. The molecule has 5 atom stereocenters. The lowest BCUT2D eigenvalue weighted by atomic mass is 9.96. The Hall–Kier alpha value is -2.48. The molecule has 8 heteroatoms. The van der Waals surface area contributed by atoms with Gasteiger partial charge in [-0.3, -0.25) is 9.58 Å². The first-order valence-electron chi connectivity index (χ1n) is 9.61. The fraction of sp³-hybridized carbons (Fsp3) is 0.500. The topological polar surface area (TPSA) is 70.4 Å². The van der Waals surface area contributed by atoms with Gasteiger partial charge in [0.1, 0.15) is 12.0 Å². The summed E-state index contributed by atoms with van der Waals surface area (Å²) in [5.41, 5.74) is 1.06. The summed E-state index contributed by atoms with van der Waals surface area (Å²) in [4.78, 5) is 13.1. The maximum atomic E-state index is 14.4. The summed E-state index contributed by atoms with van der Waals surface area (Å²) in [5.74, 6) is -0.0496. The van der Waals surface area contributed by atoms with E-state index in [9.17, 15) is 13.6 Å². The first-order valence-corrected chi connectivity index (χ1v) is 9.61. The molecule has 150 valence electrons. The number of carboxylic acid groups (broad SMARTS) is 1. The first kappa shape index (κ1) is 18.9. The van der Waals surface area contributed by atoms with Crippen LogP contribution in [0, 0.1) is 5.82 Å². The molecule has 1 saturated carbocycles. The molecule has 0 radical (unpaired) electrons. The molecule has 1 aliphatic carbocycles.